The summed E-state index contributed by atoms with van der Waals surface area (Å²) in [6, 6.07) is 6.91. The van der Waals surface area contributed by atoms with Crippen LogP contribution in [0.4, 0.5) is 0 Å². The summed E-state index contributed by atoms with van der Waals surface area (Å²) in [6.07, 6.45) is 7.26. The number of methoxy groups -OCH3 is 1. The number of hydrogen-bond donors (Lipinski definition) is 1. The molecule has 0 saturated heterocycles. The first-order valence-corrected chi connectivity index (χ1v) is 8.56. The molecule has 0 aromatic heterocycles. The van der Waals surface area contributed by atoms with Crippen LogP contribution in [0.3, 0.4) is 0 Å². The summed E-state index contributed by atoms with van der Waals surface area (Å²) < 4.78 is 6.56. The van der Waals surface area contributed by atoms with E-state index >= 15 is 0 Å². The van der Waals surface area contributed by atoms with Gasteiger partial charge in [-0.05, 0) is 62.4 Å². The fourth-order valence-electron chi connectivity index (χ4n) is 2.53. The van der Waals surface area contributed by atoms with Crippen molar-refractivity contribution in [1.29, 1.82) is 0 Å². The van der Waals surface area contributed by atoms with Gasteiger partial charge in [-0.25, -0.2) is 0 Å². The largest absolute Gasteiger partial charge is 0.496 e. The summed E-state index contributed by atoms with van der Waals surface area (Å²) >= 11 is 3.54. The first-order chi connectivity index (χ1) is 9.71. The Bertz CT molecular complexity index is 381. The topological polar surface area (TPSA) is 21.3 Å². The number of hydrogen-bond acceptors (Lipinski definition) is 2. The molecule has 0 fully saturated rings. The molecule has 0 aliphatic rings. The molecule has 0 amide bonds. The number of aryl methyl sites for hydroxylation is 1. The Morgan fingerprint density at radius 3 is 2.65 bits per heavy atom. The van der Waals surface area contributed by atoms with Crippen molar-refractivity contribution in [3.63, 3.8) is 0 Å². The van der Waals surface area contributed by atoms with Crippen molar-refractivity contribution in [2.75, 3.05) is 13.7 Å². The lowest BCUT2D eigenvalue weighted by Gasteiger charge is -2.18. The van der Waals surface area contributed by atoms with Crippen molar-refractivity contribution in [2.45, 2.75) is 58.4 Å². The van der Waals surface area contributed by atoms with Gasteiger partial charge in [0.2, 0.25) is 0 Å². The molecule has 1 N–H and O–H groups in total. The van der Waals surface area contributed by atoms with Crippen molar-refractivity contribution in [3.05, 3.63) is 28.2 Å². The van der Waals surface area contributed by atoms with Crippen LogP contribution in [0.1, 0.15) is 51.5 Å². The van der Waals surface area contributed by atoms with Crippen molar-refractivity contribution in [1.82, 2.24) is 5.32 Å². The van der Waals surface area contributed by atoms with Crippen LogP contribution in [0.2, 0.25) is 0 Å². The second-order valence-electron chi connectivity index (χ2n) is 5.29. The van der Waals surface area contributed by atoms with E-state index in [0.717, 1.165) is 23.2 Å². The Morgan fingerprint density at radius 2 is 2.00 bits per heavy atom. The Labute approximate surface area is 132 Å². The van der Waals surface area contributed by atoms with Gasteiger partial charge in [-0.3, -0.25) is 0 Å². The van der Waals surface area contributed by atoms with Gasteiger partial charge in [-0.2, -0.15) is 0 Å². The van der Waals surface area contributed by atoms with Crippen molar-refractivity contribution < 1.29 is 4.74 Å². The third kappa shape index (κ3) is 6.27. The molecule has 0 spiro atoms. The lowest BCUT2D eigenvalue weighted by atomic mass is 10.0. The van der Waals surface area contributed by atoms with Gasteiger partial charge >= 0.3 is 0 Å². The quantitative estimate of drug-likeness (QED) is 0.650. The van der Waals surface area contributed by atoms with Crippen LogP contribution >= 0.6 is 15.9 Å². The molecule has 1 aromatic rings. The SMILES string of the molecule is CCCNC(CCC)CCCc1cc(Br)ccc1OC. The third-order valence-corrected chi connectivity index (χ3v) is 4.05. The van der Waals surface area contributed by atoms with Crippen LogP contribution in [0.25, 0.3) is 0 Å². The normalized spacial score (nSPS) is 12.4. The molecule has 3 heteroatoms. The number of nitrogens with one attached hydrogen (secondary N) is 1. The average Bonchev–Trinajstić information content (AvgIpc) is 2.45. The molecule has 0 aliphatic carbocycles. The summed E-state index contributed by atoms with van der Waals surface area (Å²) in [7, 11) is 1.75. The zero-order valence-corrected chi connectivity index (χ0v) is 14.6. The Balaban J connectivity index is 2.47. The molecular formula is C17H28BrNO. The fourth-order valence-corrected chi connectivity index (χ4v) is 2.94. The molecule has 0 heterocycles. The summed E-state index contributed by atoms with van der Waals surface area (Å²) in [6.45, 7) is 5.62. The zero-order valence-electron chi connectivity index (χ0n) is 13.0. The molecule has 1 atom stereocenters. The zero-order chi connectivity index (χ0) is 14.8. The smallest absolute Gasteiger partial charge is 0.122 e. The van der Waals surface area contributed by atoms with E-state index in [9.17, 15) is 0 Å². The third-order valence-electron chi connectivity index (χ3n) is 3.56. The second-order valence-corrected chi connectivity index (χ2v) is 6.20. The molecule has 2 nitrogen and oxygen atoms in total. The maximum atomic E-state index is 5.43. The van der Waals surface area contributed by atoms with Gasteiger partial charge in [0.05, 0.1) is 7.11 Å². The summed E-state index contributed by atoms with van der Waals surface area (Å²) in [5, 5.41) is 3.66. The monoisotopic (exact) mass is 341 g/mol. The first kappa shape index (κ1) is 17.5. The van der Waals surface area contributed by atoms with E-state index in [1.807, 2.05) is 12.1 Å². The first-order valence-electron chi connectivity index (χ1n) is 7.77. The molecule has 1 aromatic carbocycles. The predicted molar refractivity (Wildman–Crippen MR) is 90.6 cm³/mol. The fraction of sp³-hybridized carbons (Fsp3) is 0.647. The van der Waals surface area contributed by atoms with Crippen molar-refractivity contribution in [3.8, 4) is 5.75 Å². The maximum absolute atomic E-state index is 5.43. The summed E-state index contributed by atoms with van der Waals surface area (Å²) in [5.74, 6) is 1.00. The van der Waals surface area contributed by atoms with Gasteiger partial charge in [-0.15, -0.1) is 0 Å². The van der Waals surface area contributed by atoms with Gasteiger partial charge < -0.3 is 10.1 Å². The molecule has 0 bridgehead atoms. The number of ether oxygens (including phenoxy) is 1. The molecule has 0 aliphatic heterocycles. The van der Waals surface area contributed by atoms with Gasteiger partial charge in [0, 0.05) is 10.5 Å². The van der Waals surface area contributed by atoms with Crippen LogP contribution in [0, 0.1) is 0 Å². The van der Waals surface area contributed by atoms with Gasteiger partial charge in [0.15, 0.2) is 0 Å². The predicted octanol–water partition coefficient (Wildman–Crippen LogP) is 4.95. The van der Waals surface area contributed by atoms with Crippen LogP contribution in [0.15, 0.2) is 22.7 Å². The average molecular weight is 342 g/mol. The van der Waals surface area contributed by atoms with Gasteiger partial charge in [0.1, 0.15) is 5.75 Å². The lowest BCUT2D eigenvalue weighted by Crippen LogP contribution is -2.29. The van der Waals surface area contributed by atoms with E-state index in [2.05, 4.69) is 41.2 Å². The molecule has 1 rings (SSSR count). The Kier molecular flexibility index (Phi) is 8.95. The Morgan fingerprint density at radius 1 is 1.20 bits per heavy atom. The second kappa shape index (κ2) is 10.2. The summed E-state index contributed by atoms with van der Waals surface area (Å²) in [5.41, 5.74) is 1.30. The van der Waals surface area contributed by atoms with Crippen LogP contribution in [-0.2, 0) is 6.42 Å². The highest BCUT2D eigenvalue weighted by molar-refractivity contribution is 9.10. The standard InChI is InChI=1S/C17H28BrNO/c1-4-7-16(19-12-5-2)9-6-8-14-13-15(18)10-11-17(14)20-3/h10-11,13,16,19H,4-9,12H2,1-3H3. The van der Waals surface area contributed by atoms with E-state index < -0.39 is 0 Å². The minimum Gasteiger partial charge on any atom is -0.496 e. The van der Waals surface area contributed by atoms with Crippen LogP contribution in [-0.4, -0.2) is 19.7 Å². The minimum atomic E-state index is 0.665. The maximum Gasteiger partial charge on any atom is 0.122 e. The van der Waals surface area contributed by atoms with E-state index in [0.29, 0.717) is 6.04 Å². The van der Waals surface area contributed by atoms with Crippen LogP contribution in [0.5, 0.6) is 5.75 Å². The number of rotatable bonds is 10. The van der Waals surface area contributed by atoms with Crippen LogP contribution < -0.4 is 10.1 Å². The van der Waals surface area contributed by atoms with E-state index in [-0.39, 0.29) is 0 Å². The van der Waals surface area contributed by atoms with E-state index in [1.54, 1.807) is 7.11 Å². The van der Waals surface area contributed by atoms with E-state index in [4.69, 9.17) is 4.74 Å². The Hall–Kier alpha value is -0.540. The summed E-state index contributed by atoms with van der Waals surface area (Å²) in [4.78, 5) is 0. The van der Waals surface area contributed by atoms with E-state index in [1.165, 1.54) is 37.7 Å². The van der Waals surface area contributed by atoms with Gasteiger partial charge in [0.25, 0.3) is 0 Å². The highest BCUT2D eigenvalue weighted by Crippen LogP contribution is 2.24. The lowest BCUT2D eigenvalue weighted by molar-refractivity contribution is 0.405. The van der Waals surface area contributed by atoms with Crippen molar-refractivity contribution >= 4 is 15.9 Å². The molecular weight excluding hydrogens is 314 g/mol. The highest BCUT2D eigenvalue weighted by Gasteiger charge is 2.08. The molecule has 20 heavy (non-hydrogen) atoms. The minimum absolute atomic E-state index is 0.665. The van der Waals surface area contributed by atoms with Gasteiger partial charge in [-0.1, -0.05) is 36.2 Å². The molecule has 114 valence electrons. The molecule has 0 radical (unpaired) electrons. The number of benzene rings is 1. The molecule has 1 unspecified atom stereocenters. The highest BCUT2D eigenvalue weighted by atomic mass is 79.9. The number of halogens is 1. The van der Waals surface area contributed by atoms with Crippen molar-refractivity contribution in [2.24, 2.45) is 0 Å². The molecule has 0 saturated carbocycles.